The zero-order valence-corrected chi connectivity index (χ0v) is 12.9. The van der Waals surface area contributed by atoms with E-state index in [-0.39, 0.29) is 12.1 Å². The van der Waals surface area contributed by atoms with Crippen LogP contribution in [0.15, 0.2) is 24.3 Å². The van der Waals surface area contributed by atoms with Crippen molar-refractivity contribution in [3.8, 4) is 0 Å². The number of nitrogens with two attached hydrogens (primary N) is 1. The van der Waals surface area contributed by atoms with Gasteiger partial charge in [0.1, 0.15) is 0 Å². The monoisotopic (exact) mass is 264 g/mol. The van der Waals surface area contributed by atoms with Gasteiger partial charge in [0.15, 0.2) is 0 Å². The number of ether oxygens (including phenoxy) is 1. The molecule has 3 unspecified atom stereocenters. The minimum atomic E-state index is 0.131. The molecule has 0 aliphatic heterocycles. The molecule has 0 heterocycles. The molecule has 0 aromatic heterocycles. The number of nitrogens with zero attached hydrogens (tertiary/aromatic N) is 1. The quantitative estimate of drug-likeness (QED) is 0.823. The highest BCUT2D eigenvalue weighted by Gasteiger charge is 2.26. The molecule has 1 aromatic carbocycles. The van der Waals surface area contributed by atoms with Gasteiger partial charge in [0, 0.05) is 25.2 Å². The second-order valence-corrected chi connectivity index (χ2v) is 5.40. The average Bonchev–Trinajstić information content (AvgIpc) is 2.39. The zero-order chi connectivity index (χ0) is 14.4. The zero-order valence-electron chi connectivity index (χ0n) is 12.9. The lowest BCUT2D eigenvalue weighted by Gasteiger charge is -2.36. The molecule has 2 N–H and O–H groups in total. The van der Waals surface area contributed by atoms with Crippen LogP contribution in [0.5, 0.6) is 0 Å². The third-order valence-electron chi connectivity index (χ3n) is 3.80. The van der Waals surface area contributed by atoms with E-state index in [0.29, 0.717) is 6.04 Å². The van der Waals surface area contributed by atoms with Crippen molar-refractivity contribution >= 4 is 0 Å². The predicted molar refractivity (Wildman–Crippen MR) is 81.3 cm³/mol. The Kier molecular flexibility index (Phi) is 6.49. The van der Waals surface area contributed by atoms with Crippen molar-refractivity contribution in [1.29, 1.82) is 0 Å². The van der Waals surface area contributed by atoms with Gasteiger partial charge in [0.05, 0.1) is 6.61 Å². The van der Waals surface area contributed by atoms with Crippen LogP contribution in [0.3, 0.4) is 0 Å². The third kappa shape index (κ3) is 4.30. The summed E-state index contributed by atoms with van der Waals surface area (Å²) in [6, 6.07) is 9.33. The van der Waals surface area contributed by atoms with Gasteiger partial charge in [-0.25, -0.2) is 0 Å². The summed E-state index contributed by atoms with van der Waals surface area (Å²) >= 11 is 0. The smallest absolute Gasteiger partial charge is 0.0615 e. The Morgan fingerprint density at radius 2 is 2.05 bits per heavy atom. The van der Waals surface area contributed by atoms with Gasteiger partial charge in [-0.2, -0.15) is 0 Å². The SMILES string of the molecule is CCC(N)C(c1cccc(C)c1)N(C)C(C)COC. The normalized spacial score (nSPS) is 16.4. The molecule has 0 amide bonds. The van der Waals surface area contributed by atoms with Crippen molar-refractivity contribution in [2.45, 2.75) is 45.3 Å². The van der Waals surface area contributed by atoms with E-state index < -0.39 is 0 Å². The summed E-state index contributed by atoms with van der Waals surface area (Å²) in [7, 11) is 3.87. The Morgan fingerprint density at radius 3 is 2.58 bits per heavy atom. The molecule has 3 atom stereocenters. The molecule has 3 nitrogen and oxygen atoms in total. The van der Waals surface area contributed by atoms with Gasteiger partial charge in [-0.3, -0.25) is 4.90 Å². The number of rotatable bonds is 7. The first-order valence-electron chi connectivity index (χ1n) is 7.04. The Hall–Kier alpha value is -0.900. The van der Waals surface area contributed by atoms with Crippen molar-refractivity contribution in [3.05, 3.63) is 35.4 Å². The van der Waals surface area contributed by atoms with Gasteiger partial charge >= 0.3 is 0 Å². The van der Waals surface area contributed by atoms with Gasteiger partial charge in [-0.1, -0.05) is 36.8 Å². The number of benzene rings is 1. The molecule has 1 aromatic rings. The van der Waals surface area contributed by atoms with Gasteiger partial charge in [0.2, 0.25) is 0 Å². The number of hydrogen-bond acceptors (Lipinski definition) is 3. The molecule has 0 bridgehead atoms. The molecule has 19 heavy (non-hydrogen) atoms. The number of likely N-dealkylation sites (N-methyl/N-ethyl adjacent to an activating group) is 1. The molecule has 0 aliphatic rings. The fourth-order valence-electron chi connectivity index (χ4n) is 2.49. The molecule has 0 fully saturated rings. The van der Waals surface area contributed by atoms with Crippen LogP contribution >= 0.6 is 0 Å². The summed E-state index contributed by atoms with van der Waals surface area (Å²) in [6.07, 6.45) is 0.961. The van der Waals surface area contributed by atoms with Crippen LogP contribution in [0.2, 0.25) is 0 Å². The van der Waals surface area contributed by atoms with Crippen molar-refractivity contribution in [3.63, 3.8) is 0 Å². The van der Waals surface area contributed by atoms with E-state index in [4.69, 9.17) is 10.5 Å². The van der Waals surface area contributed by atoms with Crippen LogP contribution in [0.25, 0.3) is 0 Å². The number of methoxy groups -OCH3 is 1. The van der Waals surface area contributed by atoms with Crippen LogP contribution in [0.1, 0.15) is 37.4 Å². The summed E-state index contributed by atoms with van der Waals surface area (Å²) in [6.45, 7) is 7.16. The molecule has 0 spiro atoms. The van der Waals surface area contributed by atoms with Crippen LogP contribution in [-0.2, 0) is 4.74 Å². The van der Waals surface area contributed by atoms with Crippen LogP contribution in [0, 0.1) is 6.92 Å². The number of aryl methyl sites for hydroxylation is 1. The summed E-state index contributed by atoms with van der Waals surface area (Å²) < 4.78 is 5.27. The summed E-state index contributed by atoms with van der Waals surface area (Å²) in [5.41, 5.74) is 8.92. The topological polar surface area (TPSA) is 38.5 Å². The third-order valence-corrected chi connectivity index (χ3v) is 3.80. The fraction of sp³-hybridized carbons (Fsp3) is 0.625. The van der Waals surface area contributed by atoms with E-state index in [1.54, 1.807) is 7.11 Å². The summed E-state index contributed by atoms with van der Waals surface area (Å²) in [4.78, 5) is 2.33. The minimum absolute atomic E-state index is 0.131. The molecule has 1 rings (SSSR count). The van der Waals surface area contributed by atoms with Crippen molar-refractivity contribution < 1.29 is 4.74 Å². The lowest BCUT2D eigenvalue weighted by Crippen LogP contribution is -2.44. The number of hydrogen-bond donors (Lipinski definition) is 1. The first-order valence-corrected chi connectivity index (χ1v) is 7.04. The van der Waals surface area contributed by atoms with E-state index in [1.165, 1.54) is 11.1 Å². The van der Waals surface area contributed by atoms with E-state index in [2.05, 4.69) is 57.0 Å². The lowest BCUT2D eigenvalue weighted by molar-refractivity contribution is 0.0793. The molecule has 0 saturated heterocycles. The maximum absolute atomic E-state index is 6.35. The van der Waals surface area contributed by atoms with E-state index in [9.17, 15) is 0 Å². The highest BCUT2D eigenvalue weighted by molar-refractivity contribution is 5.26. The standard InChI is InChI=1S/C16H28N2O/c1-6-15(17)16(18(4)13(3)11-19-5)14-9-7-8-12(2)10-14/h7-10,13,15-16H,6,11,17H2,1-5H3. The van der Waals surface area contributed by atoms with Crippen molar-refractivity contribution in [2.24, 2.45) is 5.73 Å². The molecular weight excluding hydrogens is 236 g/mol. The Morgan fingerprint density at radius 1 is 1.37 bits per heavy atom. The molecule has 0 radical (unpaired) electrons. The van der Waals surface area contributed by atoms with Crippen LogP contribution < -0.4 is 5.73 Å². The van der Waals surface area contributed by atoms with Crippen LogP contribution in [0.4, 0.5) is 0 Å². The Bertz CT molecular complexity index is 381. The predicted octanol–water partition coefficient (Wildman–Crippen LogP) is 2.74. The maximum Gasteiger partial charge on any atom is 0.0615 e. The van der Waals surface area contributed by atoms with E-state index in [0.717, 1.165) is 13.0 Å². The Labute approximate surface area is 117 Å². The van der Waals surface area contributed by atoms with Crippen molar-refractivity contribution in [1.82, 2.24) is 4.90 Å². The van der Waals surface area contributed by atoms with Gasteiger partial charge < -0.3 is 10.5 Å². The largest absolute Gasteiger partial charge is 0.383 e. The first-order chi connectivity index (χ1) is 9.01. The highest BCUT2D eigenvalue weighted by Crippen LogP contribution is 2.26. The second-order valence-electron chi connectivity index (χ2n) is 5.40. The summed E-state index contributed by atoms with van der Waals surface area (Å²) in [5, 5.41) is 0. The highest BCUT2D eigenvalue weighted by atomic mass is 16.5. The lowest BCUT2D eigenvalue weighted by atomic mass is 9.94. The molecule has 108 valence electrons. The maximum atomic E-state index is 6.35. The van der Waals surface area contributed by atoms with E-state index in [1.807, 2.05) is 0 Å². The molecule has 0 aliphatic carbocycles. The van der Waals surface area contributed by atoms with Crippen molar-refractivity contribution in [2.75, 3.05) is 20.8 Å². The second kappa shape index (κ2) is 7.63. The summed E-state index contributed by atoms with van der Waals surface area (Å²) in [5.74, 6) is 0. The van der Waals surface area contributed by atoms with Gasteiger partial charge in [-0.15, -0.1) is 0 Å². The van der Waals surface area contributed by atoms with Gasteiger partial charge in [-0.05, 0) is 32.9 Å². The first kappa shape index (κ1) is 16.2. The molecular formula is C16H28N2O. The minimum Gasteiger partial charge on any atom is -0.383 e. The molecule has 3 heteroatoms. The fourth-order valence-corrected chi connectivity index (χ4v) is 2.49. The van der Waals surface area contributed by atoms with E-state index >= 15 is 0 Å². The molecule has 0 saturated carbocycles. The average molecular weight is 264 g/mol. The van der Waals surface area contributed by atoms with Gasteiger partial charge in [0.25, 0.3) is 0 Å². The Balaban J connectivity index is 3.01. The van der Waals surface area contributed by atoms with Crippen LogP contribution in [-0.4, -0.2) is 37.7 Å².